The minimum atomic E-state index is -1.23. The number of amides is 3. The number of carboxylic acids is 1. The molecule has 196 valence electrons. The van der Waals surface area contributed by atoms with Gasteiger partial charge in [0.1, 0.15) is 5.54 Å². The smallest absolute Gasteiger partial charge is 0.336 e. The average Bonchev–Trinajstić information content (AvgIpc) is 3.53. The van der Waals surface area contributed by atoms with Crippen molar-refractivity contribution < 1.29 is 19.5 Å². The van der Waals surface area contributed by atoms with E-state index < -0.39 is 29.4 Å². The number of nitrogens with zero attached hydrogens (tertiary/aromatic N) is 4. The number of nitriles is 1. The van der Waals surface area contributed by atoms with Gasteiger partial charge in [0.25, 0.3) is 5.91 Å². The van der Waals surface area contributed by atoms with Crippen molar-refractivity contribution in [1.82, 2.24) is 9.80 Å². The van der Waals surface area contributed by atoms with Gasteiger partial charge in [-0.25, -0.2) is 14.5 Å². The molecule has 3 aromatic rings. The van der Waals surface area contributed by atoms with Gasteiger partial charge in [-0.1, -0.05) is 35.3 Å². The second kappa shape index (κ2) is 10.6. The molecular weight excluding hydrogens is 571 g/mol. The summed E-state index contributed by atoms with van der Waals surface area (Å²) in [6.07, 6.45) is 0. The van der Waals surface area contributed by atoms with Gasteiger partial charge in [0, 0.05) is 52.9 Å². The van der Waals surface area contributed by atoms with Crippen molar-refractivity contribution in [1.29, 1.82) is 5.26 Å². The largest absolute Gasteiger partial charge is 0.478 e. The highest BCUT2D eigenvalue weighted by Crippen LogP contribution is 2.47. The molecular formula is C26H21Cl3N4O4S. The van der Waals surface area contributed by atoms with E-state index in [1.54, 1.807) is 30.6 Å². The number of carbonyl (C=O) groups is 3. The highest BCUT2D eigenvalue weighted by Gasteiger charge is 2.64. The summed E-state index contributed by atoms with van der Waals surface area (Å²) in [5, 5.41) is 20.7. The van der Waals surface area contributed by atoms with Crippen LogP contribution in [0.5, 0.6) is 0 Å². The van der Waals surface area contributed by atoms with Crippen molar-refractivity contribution in [2.45, 2.75) is 18.0 Å². The number of likely N-dealkylation sites (tertiary alicyclic amines) is 1. The molecule has 0 aliphatic carbocycles. The standard InChI is InChI=1S/C26H20Cl2N4O4S.ClH/c1-30-25(36)32(20-8-18(27)7-19(28)9-20)24(35)26(30)14-31(11-21-6-17(13-37-21)23(33)34)12-22(26)16-4-2-15(10-29)3-5-16;/h2-9,13,22H,11-12,14H2,1H3,(H,33,34);1H/t22-,26+;/m0./s1. The Labute approximate surface area is 239 Å². The molecule has 0 saturated carbocycles. The zero-order chi connectivity index (χ0) is 26.5. The first-order chi connectivity index (χ1) is 17.6. The summed E-state index contributed by atoms with van der Waals surface area (Å²) >= 11 is 13.7. The number of halogens is 3. The monoisotopic (exact) mass is 590 g/mol. The topological polar surface area (TPSA) is 105 Å². The Morgan fingerprint density at radius 1 is 1.16 bits per heavy atom. The molecule has 1 N–H and O–H groups in total. The number of rotatable bonds is 5. The molecule has 3 amide bonds. The van der Waals surface area contributed by atoms with Gasteiger partial charge < -0.3 is 10.0 Å². The molecule has 2 aliphatic heterocycles. The quantitative estimate of drug-likeness (QED) is 0.394. The third-order valence-electron chi connectivity index (χ3n) is 6.96. The molecule has 12 heteroatoms. The number of urea groups is 1. The minimum Gasteiger partial charge on any atom is -0.478 e. The second-order valence-corrected chi connectivity index (χ2v) is 11.0. The van der Waals surface area contributed by atoms with E-state index in [-0.39, 0.29) is 30.2 Å². The molecule has 0 radical (unpaired) electrons. The van der Waals surface area contributed by atoms with Crippen LogP contribution < -0.4 is 4.90 Å². The van der Waals surface area contributed by atoms with Crippen molar-refractivity contribution in [2.24, 2.45) is 0 Å². The average molecular weight is 592 g/mol. The maximum atomic E-state index is 14.2. The molecule has 1 aromatic heterocycles. The Balaban J connectivity index is 0.00000336. The molecule has 0 bridgehead atoms. The summed E-state index contributed by atoms with van der Waals surface area (Å²) in [6, 6.07) is 14.8. The molecule has 2 atom stereocenters. The molecule has 3 heterocycles. The minimum absolute atomic E-state index is 0. The van der Waals surface area contributed by atoms with Gasteiger partial charge in [-0.05, 0) is 42.0 Å². The third kappa shape index (κ3) is 4.64. The van der Waals surface area contributed by atoms with Crippen molar-refractivity contribution in [3.63, 3.8) is 0 Å². The molecule has 0 unspecified atom stereocenters. The summed E-state index contributed by atoms with van der Waals surface area (Å²) in [5.41, 5.74) is 0.582. The number of benzene rings is 2. The van der Waals surface area contributed by atoms with E-state index >= 15 is 0 Å². The molecule has 2 saturated heterocycles. The van der Waals surface area contributed by atoms with Crippen LogP contribution in [0, 0.1) is 11.3 Å². The van der Waals surface area contributed by atoms with Gasteiger partial charge in [0.05, 0.1) is 22.9 Å². The van der Waals surface area contributed by atoms with Crippen molar-refractivity contribution >= 4 is 70.5 Å². The number of aromatic carboxylic acids is 1. The van der Waals surface area contributed by atoms with Crippen LogP contribution >= 0.6 is 46.9 Å². The van der Waals surface area contributed by atoms with Crippen LogP contribution in [0.2, 0.25) is 10.0 Å². The van der Waals surface area contributed by atoms with Crippen LogP contribution in [0.3, 0.4) is 0 Å². The van der Waals surface area contributed by atoms with Crippen LogP contribution in [0.15, 0.2) is 53.9 Å². The van der Waals surface area contributed by atoms with E-state index in [0.717, 1.165) is 15.3 Å². The number of carboxylic acid groups (broad SMARTS) is 1. The van der Waals surface area contributed by atoms with E-state index in [2.05, 4.69) is 11.0 Å². The fourth-order valence-corrected chi connectivity index (χ4v) is 6.62. The van der Waals surface area contributed by atoms with Crippen LogP contribution in [-0.4, -0.2) is 58.5 Å². The van der Waals surface area contributed by atoms with Crippen LogP contribution in [-0.2, 0) is 11.3 Å². The highest BCUT2D eigenvalue weighted by molar-refractivity contribution is 7.10. The zero-order valence-electron chi connectivity index (χ0n) is 19.9. The molecule has 38 heavy (non-hydrogen) atoms. The summed E-state index contributed by atoms with van der Waals surface area (Å²) in [6.45, 7) is 1.11. The lowest BCUT2D eigenvalue weighted by Crippen LogP contribution is -2.53. The lowest BCUT2D eigenvalue weighted by atomic mass is 9.80. The Kier molecular flexibility index (Phi) is 7.75. The SMILES string of the molecule is CN1C(=O)N(c2cc(Cl)cc(Cl)c2)C(=O)[C@]12CN(Cc1cc(C(=O)O)cs1)C[C@H]2c1ccc(C#N)cc1.Cl. The first-order valence-corrected chi connectivity index (χ1v) is 12.9. The molecule has 2 aromatic carbocycles. The van der Waals surface area contributed by atoms with Crippen molar-refractivity contribution in [3.8, 4) is 6.07 Å². The predicted octanol–water partition coefficient (Wildman–Crippen LogP) is 5.48. The Hall–Kier alpha value is -3.13. The van der Waals surface area contributed by atoms with Gasteiger partial charge in [-0.3, -0.25) is 9.69 Å². The number of likely N-dealkylation sites (N-methyl/N-ethyl adjacent to an activating group) is 1. The first-order valence-electron chi connectivity index (χ1n) is 11.3. The number of hydrogen-bond acceptors (Lipinski definition) is 6. The van der Waals surface area contributed by atoms with Gasteiger partial charge in [0.2, 0.25) is 0 Å². The lowest BCUT2D eigenvalue weighted by molar-refractivity contribution is -0.124. The van der Waals surface area contributed by atoms with E-state index in [1.165, 1.54) is 34.4 Å². The maximum absolute atomic E-state index is 14.2. The summed E-state index contributed by atoms with van der Waals surface area (Å²) in [5.74, 6) is -1.80. The van der Waals surface area contributed by atoms with E-state index in [4.69, 9.17) is 23.2 Å². The highest BCUT2D eigenvalue weighted by atomic mass is 35.5. The van der Waals surface area contributed by atoms with Crippen LogP contribution in [0.4, 0.5) is 10.5 Å². The maximum Gasteiger partial charge on any atom is 0.336 e. The van der Waals surface area contributed by atoms with Gasteiger partial charge in [-0.15, -0.1) is 23.7 Å². The number of carbonyl (C=O) groups excluding carboxylic acids is 2. The molecule has 5 rings (SSSR count). The molecule has 1 spiro atoms. The van der Waals surface area contributed by atoms with Crippen LogP contribution in [0.25, 0.3) is 0 Å². The second-order valence-electron chi connectivity index (χ2n) is 9.10. The molecule has 2 aliphatic rings. The number of anilines is 1. The number of imide groups is 1. The zero-order valence-corrected chi connectivity index (χ0v) is 23.1. The molecule has 2 fully saturated rings. The van der Waals surface area contributed by atoms with Gasteiger partial charge in [0.15, 0.2) is 0 Å². The predicted molar refractivity (Wildman–Crippen MR) is 148 cm³/mol. The lowest BCUT2D eigenvalue weighted by Gasteiger charge is -2.34. The Morgan fingerprint density at radius 2 is 1.82 bits per heavy atom. The first kappa shape index (κ1) is 27.9. The summed E-state index contributed by atoms with van der Waals surface area (Å²) in [7, 11) is 1.61. The van der Waals surface area contributed by atoms with E-state index in [9.17, 15) is 24.8 Å². The van der Waals surface area contributed by atoms with Gasteiger partial charge >= 0.3 is 12.0 Å². The van der Waals surface area contributed by atoms with E-state index in [1.807, 2.05) is 12.1 Å². The Bertz CT molecular complexity index is 1450. The number of hydrogen-bond donors (Lipinski definition) is 1. The Morgan fingerprint density at radius 3 is 2.39 bits per heavy atom. The molecule has 8 nitrogen and oxygen atoms in total. The summed E-state index contributed by atoms with van der Waals surface area (Å²) in [4.78, 5) is 44.6. The van der Waals surface area contributed by atoms with E-state index in [0.29, 0.717) is 28.7 Å². The number of thiophene rings is 1. The van der Waals surface area contributed by atoms with Gasteiger partial charge in [-0.2, -0.15) is 5.26 Å². The van der Waals surface area contributed by atoms with Crippen molar-refractivity contribution in [2.75, 3.05) is 25.0 Å². The fourth-order valence-electron chi connectivity index (χ4n) is 5.21. The normalized spacial score (nSPS) is 21.2. The van der Waals surface area contributed by atoms with Crippen LogP contribution in [0.1, 0.15) is 32.3 Å². The van der Waals surface area contributed by atoms with Crippen molar-refractivity contribution in [3.05, 3.63) is 85.5 Å². The summed E-state index contributed by atoms with van der Waals surface area (Å²) < 4.78 is 0. The third-order valence-corrected chi connectivity index (χ3v) is 8.32. The fraction of sp³-hybridized carbons (Fsp3) is 0.231.